The largest absolute Gasteiger partial charge is 0.494 e. The summed E-state index contributed by atoms with van der Waals surface area (Å²) < 4.78 is 55.7. The van der Waals surface area contributed by atoms with Crippen LogP contribution < -0.4 is 10.1 Å². The van der Waals surface area contributed by atoms with Gasteiger partial charge in [0.05, 0.1) is 12.8 Å². The summed E-state index contributed by atoms with van der Waals surface area (Å²) in [4.78, 5) is 13.2. The van der Waals surface area contributed by atoms with Crippen LogP contribution in [0, 0.1) is 17.5 Å². The van der Waals surface area contributed by atoms with Gasteiger partial charge in [-0.3, -0.25) is 4.79 Å². The van der Waals surface area contributed by atoms with Crippen molar-refractivity contribution in [2.75, 3.05) is 7.11 Å². The molecule has 1 aromatic heterocycles. The lowest BCUT2D eigenvalue weighted by atomic mass is 9.83. The molecule has 1 amide bonds. The van der Waals surface area contributed by atoms with E-state index in [1.165, 1.54) is 36.3 Å². The predicted octanol–water partition coefficient (Wildman–Crippen LogP) is 5.21. The zero-order chi connectivity index (χ0) is 28.2. The van der Waals surface area contributed by atoms with Gasteiger partial charge in [-0.1, -0.05) is 18.2 Å². The molecule has 41 heavy (non-hydrogen) atoms. The van der Waals surface area contributed by atoms with Crippen molar-refractivity contribution < 1.29 is 27.4 Å². The summed E-state index contributed by atoms with van der Waals surface area (Å²) in [7, 11) is 1.36. The van der Waals surface area contributed by atoms with E-state index in [1.54, 1.807) is 24.3 Å². The van der Waals surface area contributed by atoms with Crippen LogP contribution in [0.25, 0.3) is 16.8 Å². The van der Waals surface area contributed by atoms with Crippen molar-refractivity contribution in [3.63, 3.8) is 0 Å². The minimum atomic E-state index is -0.649. The number of rotatable bonds is 6. The van der Waals surface area contributed by atoms with Crippen molar-refractivity contribution in [3.05, 3.63) is 124 Å². The number of tetrazole rings is 1. The Morgan fingerprint density at radius 3 is 2.49 bits per heavy atom. The van der Waals surface area contributed by atoms with E-state index in [1.807, 2.05) is 18.2 Å². The molecule has 0 fully saturated rings. The lowest BCUT2D eigenvalue weighted by molar-refractivity contribution is 0.0857. The Morgan fingerprint density at radius 1 is 0.951 bits per heavy atom. The maximum absolute atomic E-state index is 15.2. The van der Waals surface area contributed by atoms with Crippen LogP contribution in [0.3, 0.4) is 0 Å². The second-order valence-electron chi connectivity index (χ2n) is 9.72. The molecule has 2 unspecified atom stereocenters. The molecular formula is C30H20F3N5O3. The SMILES string of the molecule is COc1ccc(-n2cnnn2)c(CNC(=O)c2ccc3c(c2)C2OC3c3ccc(-c4ccc(F)cc4F)cc32)c1F. The first-order valence-electron chi connectivity index (χ1n) is 12.7. The van der Waals surface area contributed by atoms with E-state index < -0.39 is 29.5 Å². The molecule has 0 saturated carbocycles. The number of fused-ring (bicyclic) bond motifs is 8. The summed E-state index contributed by atoms with van der Waals surface area (Å²) in [6.07, 6.45) is 0.581. The molecule has 1 N–H and O–H groups in total. The summed E-state index contributed by atoms with van der Waals surface area (Å²) in [5, 5.41) is 13.8. The third-order valence-corrected chi connectivity index (χ3v) is 7.50. The van der Waals surface area contributed by atoms with Crippen LogP contribution in [0.4, 0.5) is 13.2 Å². The van der Waals surface area contributed by atoms with Gasteiger partial charge in [-0.15, -0.1) is 5.10 Å². The first-order valence-corrected chi connectivity index (χ1v) is 12.7. The summed E-state index contributed by atoms with van der Waals surface area (Å²) >= 11 is 0. The third kappa shape index (κ3) is 4.04. The highest BCUT2D eigenvalue weighted by Crippen LogP contribution is 2.54. The topological polar surface area (TPSA) is 91.2 Å². The van der Waals surface area contributed by atoms with Gasteiger partial charge < -0.3 is 14.8 Å². The molecule has 5 aromatic rings. The van der Waals surface area contributed by atoms with E-state index in [0.717, 1.165) is 28.3 Å². The van der Waals surface area contributed by atoms with Gasteiger partial charge in [-0.05, 0) is 80.7 Å². The maximum atomic E-state index is 15.2. The number of carbonyl (C=O) groups excluding carboxylic acids is 1. The Balaban J connectivity index is 1.16. The molecule has 7 rings (SSSR count). The number of amides is 1. The fourth-order valence-electron chi connectivity index (χ4n) is 5.55. The van der Waals surface area contributed by atoms with Crippen molar-refractivity contribution in [1.82, 2.24) is 25.5 Å². The molecule has 2 aliphatic rings. The van der Waals surface area contributed by atoms with E-state index in [-0.39, 0.29) is 29.5 Å². The quantitative estimate of drug-likeness (QED) is 0.310. The Kier molecular flexibility index (Phi) is 5.82. The predicted molar refractivity (Wildman–Crippen MR) is 140 cm³/mol. The Morgan fingerprint density at radius 2 is 1.73 bits per heavy atom. The van der Waals surface area contributed by atoms with E-state index in [9.17, 15) is 13.6 Å². The number of hydrogen-bond acceptors (Lipinski definition) is 6. The number of nitrogens with zero attached hydrogens (tertiary/aromatic N) is 4. The van der Waals surface area contributed by atoms with Crippen LogP contribution in [0.1, 0.15) is 50.4 Å². The van der Waals surface area contributed by atoms with Gasteiger partial charge in [0.2, 0.25) is 0 Å². The second-order valence-corrected chi connectivity index (χ2v) is 9.72. The lowest BCUT2D eigenvalue weighted by Crippen LogP contribution is -2.25. The van der Waals surface area contributed by atoms with Crippen LogP contribution in [0.15, 0.2) is 73.1 Å². The van der Waals surface area contributed by atoms with Crippen molar-refractivity contribution >= 4 is 5.91 Å². The first kappa shape index (κ1) is 25.0. The fraction of sp³-hybridized carbons (Fsp3) is 0.133. The minimum Gasteiger partial charge on any atom is -0.494 e. The van der Waals surface area contributed by atoms with Gasteiger partial charge >= 0.3 is 0 Å². The summed E-state index contributed by atoms with van der Waals surface area (Å²) in [6.45, 7) is -0.147. The van der Waals surface area contributed by atoms with Gasteiger partial charge in [-0.2, -0.15) is 0 Å². The number of carbonyl (C=O) groups is 1. The zero-order valence-electron chi connectivity index (χ0n) is 21.4. The number of hydrogen-bond donors (Lipinski definition) is 1. The number of nitrogens with one attached hydrogen (secondary N) is 1. The Bertz CT molecular complexity index is 1840. The van der Waals surface area contributed by atoms with Crippen molar-refractivity contribution in [2.45, 2.75) is 18.8 Å². The molecule has 2 atom stereocenters. The summed E-state index contributed by atoms with van der Waals surface area (Å²) in [5.74, 6) is -2.32. The molecule has 0 saturated heterocycles. The highest BCUT2D eigenvalue weighted by Gasteiger charge is 2.43. The molecule has 0 aliphatic carbocycles. The summed E-state index contributed by atoms with van der Waals surface area (Å²) in [5.41, 5.74) is 5.38. The van der Waals surface area contributed by atoms with Crippen molar-refractivity contribution in [1.29, 1.82) is 0 Å². The number of ether oxygens (including phenoxy) is 2. The molecule has 2 aliphatic heterocycles. The third-order valence-electron chi connectivity index (χ3n) is 7.50. The molecule has 3 heterocycles. The Labute approximate surface area is 231 Å². The second kappa shape index (κ2) is 9.56. The number of benzene rings is 4. The molecule has 11 heteroatoms. The molecule has 8 nitrogen and oxygen atoms in total. The molecule has 204 valence electrons. The van der Waals surface area contributed by atoms with Crippen LogP contribution >= 0.6 is 0 Å². The average molecular weight is 556 g/mol. The first-order chi connectivity index (χ1) is 19.9. The van der Waals surface area contributed by atoms with Gasteiger partial charge in [-0.25, -0.2) is 17.9 Å². The zero-order valence-corrected chi connectivity index (χ0v) is 21.4. The highest BCUT2D eigenvalue weighted by molar-refractivity contribution is 5.94. The molecule has 2 bridgehead atoms. The maximum Gasteiger partial charge on any atom is 0.251 e. The van der Waals surface area contributed by atoms with Crippen LogP contribution in [0.5, 0.6) is 5.75 Å². The standard InChI is InChI=1S/C30H20F3N5O3/c1-40-26-9-8-25(38-14-35-36-37-38)23(27(26)33)13-34-30(39)16-3-6-20-22(11-16)29-21-10-15(2-5-19(21)28(20)41-29)18-7-4-17(31)12-24(18)32/h2-12,14,28-29H,13H2,1H3,(H,34,39). The van der Waals surface area contributed by atoms with Crippen LogP contribution in [0.2, 0.25) is 0 Å². The molecule has 0 radical (unpaired) electrons. The van der Waals surface area contributed by atoms with E-state index >= 15 is 4.39 Å². The van der Waals surface area contributed by atoms with E-state index in [4.69, 9.17) is 9.47 Å². The fourth-order valence-corrected chi connectivity index (χ4v) is 5.55. The van der Waals surface area contributed by atoms with E-state index in [2.05, 4.69) is 20.8 Å². The van der Waals surface area contributed by atoms with Crippen molar-refractivity contribution in [3.8, 4) is 22.6 Å². The Hall–Kier alpha value is -5.03. The van der Waals surface area contributed by atoms with Crippen molar-refractivity contribution in [2.24, 2.45) is 0 Å². The van der Waals surface area contributed by atoms with Gasteiger partial charge in [0.1, 0.15) is 30.2 Å². The number of halogens is 3. The lowest BCUT2D eigenvalue weighted by Gasteiger charge is -2.18. The highest BCUT2D eigenvalue weighted by atomic mass is 19.1. The normalized spacial score (nSPS) is 16.4. The van der Waals surface area contributed by atoms with Gasteiger partial charge in [0.25, 0.3) is 5.91 Å². The molecule has 0 spiro atoms. The molecular weight excluding hydrogens is 535 g/mol. The number of methoxy groups -OCH3 is 1. The average Bonchev–Trinajstić information content (AvgIpc) is 3.73. The number of aromatic nitrogens is 4. The monoisotopic (exact) mass is 555 g/mol. The smallest absolute Gasteiger partial charge is 0.251 e. The van der Waals surface area contributed by atoms with Crippen LogP contribution in [-0.4, -0.2) is 33.2 Å². The minimum absolute atomic E-state index is 0.0235. The van der Waals surface area contributed by atoms with Gasteiger partial charge in [0.15, 0.2) is 11.6 Å². The molecule has 4 aromatic carbocycles. The summed E-state index contributed by atoms with van der Waals surface area (Å²) in [6, 6.07) is 17.4. The van der Waals surface area contributed by atoms with E-state index in [0.29, 0.717) is 16.8 Å². The van der Waals surface area contributed by atoms with Crippen LogP contribution in [-0.2, 0) is 11.3 Å². The van der Waals surface area contributed by atoms with Gasteiger partial charge in [0, 0.05) is 29.3 Å².